The normalized spacial score (nSPS) is 11.1. The van der Waals surface area contributed by atoms with Crippen LogP contribution in [-0.4, -0.2) is 18.9 Å². The Morgan fingerprint density at radius 1 is 0.755 bits per heavy atom. The molecule has 49 heavy (non-hydrogen) atoms. The van der Waals surface area contributed by atoms with Gasteiger partial charge in [-0.1, -0.05) is 78.9 Å². The Labute approximate surface area is 283 Å². The van der Waals surface area contributed by atoms with E-state index in [9.17, 15) is 22.8 Å². The van der Waals surface area contributed by atoms with Gasteiger partial charge < -0.3 is 25.4 Å². The molecule has 252 valence electrons. The van der Waals surface area contributed by atoms with Crippen molar-refractivity contribution in [2.24, 2.45) is 5.73 Å². The summed E-state index contributed by atoms with van der Waals surface area (Å²) >= 11 is 0. The maximum Gasteiger partial charge on any atom is 0.416 e. The topological polar surface area (TPSA) is 93.9 Å². The summed E-state index contributed by atoms with van der Waals surface area (Å²) in [6, 6.07) is 35.0. The number of carbonyl (C=O) groups is 2. The van der Waals surface area contributed by atoms with E-state index >= 15 is 0 Å². The third kappa shape index (κ3) is 9.27. The van der Waals surface area contributed by atoms with Gasteiger partial charge in [0.15, 0.2) is 5.75 Å². The standard InChI is InChI=1S/C39H36F3N3O4/c1-48-32-19-17-30(18-20-32)29-15-13-27(14-16-29)26-45(35-11-4-5-12-36(35)49-33-9-6-7-28(23-33)24-43)38(47)22-21-37(46)44-25-31-8-2-3-10-34(31)39(40,41)42/h2-20,23H,21-22,24-26,43H2,1H3,(H,44,46). The van der Waals surface area contributed by atoms with Crippen LogP contribution in [-0.2, 0) is 35.4 Å². The molecule has 0 saturated carbocycles. The van der Waals surface area contributed by atoms with Crippen molar-refractivity contribution in [3.63, 3.8) is 0 Å². The Kier molecular flexibility index (Phi) is 11.3. The number of nitrogens with zero attached hydrogens (tertiary/aromatic N) is 1. The van der Waals surface area contributed by atoms with E-state index in [0.717, 1.165) is 34.1 Å². The van der Waals surface area contributed by atoms with Crippen molar-refractivity contribution < 1.29 is 32.2 Å². The zero-order chi connectivity index (χ0) is 34.8. The Morgan fingerprint density at radius 3 is 2.12 bits per heavy atom. The number of ether oxygens (including phenoxy) is 2. The van der Waals surface area contributed by atoms with Crippen molar-refractivity contribution in [2.75, 3.05) is 12.0 Å². The van der Waals surface area contributed by atoms with Gasteiger partial charge in [-0.05, 0) is 70.3 Å². The first-order chi connectivity index (χ1) is 23.6. The predicted octanol–water partition coefficient (Wildman–Crippen LogP) is 8.26. The van der Waals surface area contributed by atoms with Crippen molar-refractivity contribution in [2.45, 2.75) is 38.7 Å². The lowest BCUT2D eigenvalue weighted by Gasteiger charge is -2.25. The minimum absolute atomic E-state index is 0.0563. The summed E-state index contributed by atoms with van der Waals surface area (Å²) in [7, 11) is 1.61. The highest BCUT2D eigenvalue weighted by Gasteiger charge is 2.33. The molecule has 0 radical (unpaired) electrons. The first kappa shape index (κ1) is 34.7. The molecule has 0 atom stereocenters. The number of nitrogens with two attached hydrogens (primary N) is 1. The fourth-order valence-corrected chi connectivity index (χ4v) is 5.29. The Hall–Kier alpha value is -5.61. The van der Waals surface area contributed by atoms with Gasteiger partial charge in [-0.2, -0.15) is 13.2 Å². The number of benzene rings is 5. The van der Waals surface area contributed by atoms with E-state index < -0.39 is 17.6 Å². The summed E-state index contributed by atoms with van der Waals surface area (Å²) in [6.45, 7) is 0.191. The van der Waals surface area contributed by atoms with E-state index in [2.05, 4.69) is 5.32 Å². The van der Waals surface area contributed by atoms with Crippen LogP contribution < -0.4 is 25.4 Å². The summed E-state index contributed by atoms with van der Waals surface area (Å²) < 4.78 is 51.7. The van der Waals surface area contributed by atoms with Crippen LogP contribution in [0.2, 0.25) is 0 Å². The number of carbonyl (C=O) groups excluding carboxylic acids is 2. The molecule has 0 bridgehead atoms. The molecule has 0 aliphatic rings. The molecule has 0 saturated heterocycles. The highest BCUT2D eigenvalue weighted by Crippen LogP contribution is 2.35. The monoisotopic (exact) mass is 667 g/mol. The average molecular weight is 668 g/mol. The molecule has 0 aliphatic carbocycles. The number of amides is 2. The van der Waals surface area contributed by atoms with E-state index in [1.807, 2.05) is 66.7 Å². The molecule has 0 unspecified atom stereocenters. The van der Waals surface area contributed by atoms with E-state index in [1.54, 1.807) is 42.3 Å². The number of methoxy groups -OCH3 is 1. The van der Waals surface area contributed by atoms with Gasteiger partial charge in [-0.3, -0.25) is 9.59 Å². The lowest BCUT2D eigenvalue weighted by Crippen LogP contribution is -2.32. The number of alkyl halides is 3. The van der Waals surface area contributed by atoms with Crippen molar-refractivity contribution in [3.8, 4) is 28.4 Å². The highest BCUT2D eigenvalue weighted by atomic mass is 19.4. The second kappa shape index (κ2) is 16.0. The van der Waals surface area contributed by atoms with Crippen LogP contribution in [0.25, 0.3) is 11.1 Å². The molecular weight excluding hydrogens is 631 g/mol. The van der Waals surface area contributed by atoms with Crippen LogP contribution in [0, 0.1) is 0 Å². The second-order valence-corrected chi connectivity index (χ2v) is 11.3. The maximum absolute atomic E-state index is 13.9. The van der Waals surface area contributed by atoms with Crippen molar-refractivity contribution in [1.29, 1.82) is 0 Å². The van der Waals surface area contributed by atoms with Gasteiger partial charge in [0, 0.05) is 25.9 Å². The van der Waals surface area contributed by atoms with Crippen LogP contribution in [0.3, 0.4) is 0 Å². The van der Waals surface area contributed by atoms with E-state index in [0.29, 0.717) is 23.7 Å². The molecular formula is C39H36F3N3O4. The number of hydrogen-bond acceptors (Lipinski definition) is 5. The fourth-order valence-electron chi connectivity index (χ4n) is 5.29. The molecule has 0 aromatic heterocycles. The van der Waals surface area contributed by atoms with Gasteiger partial charge in [-0.25, -0.2) is 0 Å². The molecule has 0 aliphatic heterocycles. The minimum Gasteiger partial charge on any atom is -0.497 e. The van der Waals surface area contributed by atoms with E-state index in [1.165, 1.54) is 18.2 Å². The number of anilines is 1. The van der Waals surface area contributed by atoms with Crippen LogP contribution in [0.15, 0.2) is 121 Å². The number of rotatable bonds is 13. The lowest BCUT2D eigenvalue weighted by atomic mass is 10.0. The highest BCUT2D eigenvalue weighted by molar-refractivity contribution is 5.96. The Balaban J connectivity index is 1.35. The third-order valence-corrected chi connectivity index (χ3v) is 7.90. The molecule has 5 rings (SSSR count). The zero-order valence-electron chi connectivity index (χ0n) is 26.9. The van der Waals surface area contributed by atoms with E-state index in [4.69, 9.17) is 15.2 Å². The summed E-state index contributed by atoms with van der Waals surface area (Å²) in [4.78, 5) is 28.2. The van der Waals surface area contributed by atoms with Crippen molar-refractivity contribution in [1.82, 2.24) is 5.32 Å². The molecule has 10 heteroatoms. The van der Waals surface area contributed by atoms with E-state index in [-0.39, 0.29) is 37.4 Å². The number of nitrogens with one attached hydrogen (secondary N) is 1. The number of halogens is 3. The van der Waals surface area contributed by atoms with Gasteiger partial charge in [0.1, 0.15) is 11.5 Å². The quantitative estimate of drug-likeness (QED) is 0.132. The number of para-hydroxylation sites is 2. The molecule has 3 N–H and O–H groups in total. The minimum atomic E-state index is -4.55. The molecule has 2 amide bonds. The third-order valence-electron chi connectivity index (χ3n) is 7.90. The Morgan fingerprint density at radius 2 is 1.43 bits per heavy atom. The summed E-state index contributed by atoms with van der Waals surface area (Å²) in [5.41, 5.74) is 9.13. The summed E-state index contributed by atoms with van der Waals surface area (Å²) in [5.74, 6) is 0.817. The molecule has 5 aromatic carbocycles. The predicted molar refractivity (Wildman–Crippen MR) is 183 cm³/mol. The van der Waals surface area contributed by atoms with Gasteiger partial charge in [0.25, 0.3) is 0 Å². The van der Waals surface area contributed by atoms with Gasteiger partial charge in [-0.15, -0.1) is 0 Å². The first-order valence-electron chi connectivity index (χ1n) is 15.7. The van der Waals surface area contributed by atoms with Crippen LogP contribution in [0.4, 0.5) is 18.9 Å². The Bertz CT molecular complexity index is 1880. The smallest absolute Gasteiger partial charge is 0.416 e. The SMILES string of the molecule is COc1ccc(-c2ccc(CN(C(=O)CCC(=O)NCc3ccccc3C(F)(F)F)c3ccccc3Oc3cccc(CN)c3)cc2)cc1. The molecule has 0 heterocycles. The van der Waals surface area contributed by atoms with Crippen LogP contribution >= 0.6 is 0 Å². The van der Waals surface area contributed by atoms with Crippen LogP contribution in [0.5, 0.6) is 17.2 Å². The lowest BCUT2D eigenvalue weighted by molar-refractivity contribution is -0.138. The summed E-state index contributed by atoms with van der Waals surface area (Å²) in [6.07, 6.45) is -4.96. The van der Waals surface area contributed by atoms with Gasteiger partial charge in [0.2, 0.25) is 11.8 Å². The van der Waals surface area contributed by atoms with Gasteiger partial charge in [0.05, 0.1) is 24.9 Å². The van der Waals surface area contributed by atoms with Crippen molar-refractivity contribution >= 4 is 17.5 Å². The number of hydrogen-bond donors (Lipinski definition) is 2. The molecule has 0 fully saturated rings. The molecule has 7 nitrogen and oxygen atoms in total. The van der Waals surface area contributed by atoms with Crippen molar-refractivity contribution in [3.05, 3.63) is 144 Å². The largest absolute Gasteiger partial charge is 0.497 e. The second-order valence-electron chi connectivity index (χ2n) is 11.3. The fraction of sp³-hybridized carbons (Fsp3) is 0.179. The first-order valence-corrected chi connectivity index (χ1v) is 15.7. The van der Waals surface area contributed by atoms with Crippen LogP contribution in [0.1, 0.15) is 35.1 Å². The zero-order valence-corrected chi connectivity index (χ0v) is 26.9. The molecule has 0 spiro atoms. The maximum atomic E-state index is 13.9. The van der Waals surface area contributed by atoms with Gasteiger partial charge >= 0.3 is 6.18 Å². The average Bonchev–Trinajstić information content (AvgIpc) is 3.12. The summed E-state index contributed by atoms with van der Waals surface area (Å²) in [5, 5.41) is 2.53. The molecule has 5 aromatic rings.